The van der Waals surface area contributed by atoms with Crippen molar-refractivity contribution in [2.45, 2.75) is 18.6 Å². The van der Waals surface area contributed by atoms with Crippen molar-refractivity contribution in [3.63, 3.8) is 0 Å². The van der Waals surface area contributed by atoms with Crippen molar-refractivity contribution >= 4 is 46.6 Å². The van der Waals surface area contributed by atoms with Crippen LogP contribution in [0.25, 0.3) is 0 Å². The maximum Gasteiger partial charge on any atom is 0.269 e. The van der Waals surface area contributed by atoms with Gasteiger partial charge in [-0.3, -0.25) is 14.5 Å². The topological polar surface area (TPSA) is 73.2 Å². The number of halogens is 1. The summed E-state index contributed by atoms with van der Waals surface area (Å²) >= 11 is 7.27. The van der Waals surface area contributed by atoms with Gasteiger partial charge in [-0.25, -0.2) is 0 Å². The molecule has 0 aliphatic carbocycles. The Kier molecular flexibility index (Phi) is 6.83. The van der Waals surface area contributed by atoms with Crippen LogP contribution in [0.4, 0.5) is 11.4 Å². The molecule has 3 aromatic rings. The molecule has 1 fully saturated rings. The first kappa shape index (κ1) is 22.7. The Labute approximate surface area is 201 Å². The summed E-state index contributed by atoms with van der Waals surface area (Å²) in [7, 11) is 0. The zero-order valence-corrected chi connectivity index (χ0v) is 19.4. The molecule has 1 heterocycles. The third-order valence-electron chi connectivity index (χ3n) is 5.16. The molecule has 1 atom stereocenters. The number of amides is 2. The number of aryl methyl sites for hydroxylation is 1. The molecule has 1 aliphatic heterocycles. The number of hydrogen-bond acceptors (Lipinski definition) is 4. The summed E-state index contributed by atoms with van der Waals surface area (Å²) in [5, 5.41) is 13.1. The minimum absolute atomic E-state index is 0.112. The van der Waals surface area contributed by atoms with Gasteiger partial charge < -0.3 is 5.32 Å². The number of rotatable bonds is 5. The smallest absolute Gasteiger partial charge is 0.269 e. The number of carbonyl (C=O) groups is 2. The van der Waals surface area contributed by atoms with Crippen molar-refractivity contribution in [3.8, 4) is 6.07 Å². The molecule has 3 aromatic carbocycles. The molecule has 1 saturated heterocycles. The molecule has 4 rings (SSSR count). The molecule has 0 spiro atoms. The van der Waals surface area contributed by atoms with Crippen LogP contribution in [0.15, 0.2) is 89.5 Å². The van der Waals surface area contributed by atoms with Gasteiger partial charge in [-0.05, 0) is 55.3 Å². The molecule has 2 amide bonds. The Hall–Kier alpha value is -3.53. The maximum absolute atomic E-state index is 13.4. The Morgan fingerprint density at radius 1 is 1.06 bits per heavy atom. The summed E-state index contributed by atoms with van der Waals surface area (Å²) in [4.78, 5) is 27.9. The predicted molar refractivity (Wildman–Crippen MR) is 133 cm³/mol. The van der Waals surface area contributed by atoms with Gasteiger partial charge in [0.05, 0.1) is 5.25 Å². The number of carbonyl (C=O) groups excluding carboxylic acids is 2. The number of thioether (sulfide) groups is 1. The highest BCUT2D eigenvalue weighted by molar-refractivity contribution is 8.05. The summed E-state index contributed by atoms with van der Waals surface area (Å²) in [5.41, 5.74) is 3.08. The lowest BCUT2D eigenvalue weighted by molar-refractivity contribution is -0.117. The molecule has 0 radical (unpaired) electrons. The van der Waals surface area contributed by atoms with Gasteiger partial charge in [0.15, 0.2) is 0 Å². The second-order valence-corrected chi connectivity index (χ2v) is 9.19. The van der Waals surface area contributed by atoms with Crippen molar-refractivity contribution in [1.82, 2.24) is 0 Å². The zero-order chi connectivity index (χ0) is 23.4. The highest BCUT2D eigenvalue weighted by Crippen LogP contribution is 2.42. The summed E-state index contributed by atoms with van der Waals surface area (Å²) in [6.07, 6.45) is 0.482. The van der Waals surface area contributed by atoms with E-state index in [0.717, 1.165) is 11.1 Å². The van der Waals surface area contributed by atoms with E-state index >= 15 is 0 Å². The minimum Gasteiger partial charge on any atom is -0.321 e. The maximum atomic E-state index is 13.4. The zero-order valence-electron chi connectivity index (χ0n) is 17.8. The van der Waals surface area contributed by atoms with Gasteiger partial charge in [0.25, 0.3) is 5.91 Å². The first-order valence-electron chi connectivity index (χ1n) is 10.3. The third kappa shape index (κ3) is 5.11. The van der Waals surface area contributed by atoms with Gasteiger partial charge in [0, 0.05) is 16.4 Å². The lowest BCUT2D eigenvalue weighted by Crippen LogP contribution is -2.30. The van der Waals surface area contributed by atoms with Crippen molar-refractivity contribution in [2.24, 2.45) is 0 Å². The summed E-state index contributed by atoms with van der Waals surface area (Å²) in [6.45, 7) is 1.95. The fraction of sp³-hybridized carbons (Fsp3) is 0.115. The third-order valence-corrected chi connectivity index (χ3v) is 6.68. The number of anilines is 2. The molecule has 0 bridgehead atoms. The fourth-order valence-corrected chi connectivity index (χ4v) is 4.91. The van der Waals surface area contributed by atoms with Crippen LogP contribution in [0.2, 0.25) is 5.02 Å². The Morgan fingerprint density at radius 3 is 2.36 bits per heavy atom. The molecule has 164 valence electrons. The number of nitrogens with zero attached hydrogens (tertiary/aromatic N) is 2. The number of nitrogens with one attached hydrogen (secondary N) is 1. The Morgan fingerprint density at radius 2 is 1.73 bits per heavy atom. The van der Waals surface area contributed by atoms with E-state index in [4.69, 9.17) is 11.6 Å². The number of hydrogen-bond donors (Lipinski definition) is 1. The molecule has 7 heteroatoms. The monoisotopic (exact) mass is 473 g/mol. The van der Waals surface area contributed by atoms with Crippen LogP contribution in [0.3, 0.4) is 0 Å². The van der Waals surface area contributed by atoms with Crippen LogP contribution in [0.5, 0.6) is 0 Å². The quantitative estimate of drug-likeness (QED) is 0.380. The van der Waals surface area contributed by atoms with E-state index < -0.39 is 11.2 Å². The van der Waals surface area contributed by atoms with Gasteiger partial charge in [-0.2, -0.15) is 5.26 Å². The van der Waals surface area contributed by atoms with Crippen LogP contribution >= 0.6 is 23.4 Å². The summed E-state index contributed by atoms with van der Waals surface area (Å²) in [6, 6.07) is 25.7. The largest absolute Gasteiger partial charge is 0.321 e. The van der Waals surface area contributed by atoms with Crippen LogP contribution in [-0.4, -0.2) is 17.1 Å². The van der Waals surface area contributed by atoms with Gasteiger partial charge in [-0.1, -0.05) is 71.4 Å². The van der Waals surface area contributed by atoms with Crippen LogP contribution in [0.1, 0.15) is 11.1 Å². The molecule has 1 aliphatic rings. The molecule has 1 unspecified atom stereocenters. The van der Waals surface area contributed by atoms with Gasteiger partial charge >= 0.3 is 0 Å². The van der Waals surface area contributed by atoms with Crippen molar-refractivity contribution in [3.05, 3.63) is 106 Å². The summed E-state index contributed by atoms with van der Waals surface area (Å²) < 4.78 is 0. The normalized spacial score (nSPS) is 16.9. The van der Waals surface area contributed by atoms with Crippen LogP contribution in [0, 0.1) is 18.3 Å². The van der Waals surface area contributed by atoms with E-state index in [1.807, 2.05) is 55.5 Å². The molecule has 0 aromatic heterocycles. The molecular formula is C26H20ClN3O2S. The van der Waals surface area contributed by atoms with Crippen LogP contribution < -0.4 is 10.2 Å². The highest BCUT2D eigenvalue weighted by Gasteiger charge is 2.40. The molecule has 5 nitrogen and oxygen atoms in total. The van der Waals surface area contributed by atoms with Crippen molar-refractivity contribution < 1.29 is 9.59 Å². The van der Waals surface area contributed by atoms with E-state index in [2.05, 4.69) is 5.32 Å². The summed E-state index contributed by atoms with van der Waals surface area (Å²) in [5.74, 6) is -0.743. The van der Waals surface area contributed by atoms with E-state index in [9.17, 15) is 14.9 Å². The SMILES string of the molecule is Cc1ccc(NC(=O)C(C#N)=C2SC(Cc3ccccc3)C(=O)N2c2ccc(Cl)cc2)cc1. The van der Waals surface area contributed by atoms with Gasteiger partial charge in [-0.15, -0.1) is 0 Å². The fourth-order valence-electron chi connectivity index (χ4n) is 3.47. The minimum atomic E-state index is -0.559. The lowest BCUT2D eigenvalue weighted by atomic mass is 10.1. The molecule has 1 N–H and O–H groups in total. The Bertz CT molecular complexity index is 1250. The van der Waals surface area contributed by atoms with E-state index in [-0.39, 0.29) is 11.5 Å². The molecular weight excluding hydrogens is 454 g/mol. The van der Waals surface area contributed by atoms with E-state index in [1.165, 1.54) is 16.7 Å². The second kappa shape index (κ2) is 9.95. The van der Waals surface area contributed by atoms with Crippen LogP contribution in [-0.2, 0) is 16.0 Å². The first-order valence-corrected chi connectivity index (χ1v) is 11.5. The predicted octanol–water partition coefficient (Wildman–Crippen LogP) is 5.71. The van der Waals surface area contributed by atoms with Gasteiger partial charge in [0.1, 0.15) is 16.7 Å². The van der Waals surface area contributed by atoms with Crippen molar-refractivity contribution in [1.29, 1.82) is 5.26 Å². The first-order chi connectivity index (χ1) is 16.0. The van der Waals surface area contributed by atoms with Crippen molar-refractivity contribution in [2.75, 3.05) is 10.2 Å². The average Bonchev–Trinajstić information content (AvgIpc) is 3.12. The van der Waals surface area contributed by atoms with E-state index in [0.29, 0.717) is 27.8 Å². The standard InChI is InChI=1S/C26H20ClN3O2S/c1-17-7-11-20(12-8-17)29-24(31)22(16-28)26-30(21-13-9-19(27)10-14-21)25(32)23(33-26)15-18-5-3-2-4-6-18/h2-14,23H,15H2,1H3,(H,29,31). The molecule has 0 saturated carbocycles. The second-order valence-electron chi connectivity index (χ2n) is 7.56. The average molecular weight is 474 g/mol. The number of benzene rings is 3. The highest BCUT2D eigenvalue weighted by atomic mass is 35.5. The number of nitriles is 1. The Balaban J connectivity index is 1.72. The molecule has 33 heavy (non-hydrogen) atoms. The lowest BCUT2D eigenvalue weighted by Gasteiger charge is -2.19. The van der Waals surface area contributed by atoms with E-state index in [1.54, 1.807) is 36.4 Å². The van der Waals surface area contributed by atoms with Gasteiger partial charge in [0.2, 0.25) is 5.91 Å².